The van der Waals surface area contributed by atoms with E-state index < -0.39 is 5.60 Å². The number of nitrogen functional groups attached to an aromatic ring is 1. The van der Waals surface area contributed by atoms with Crippen molar-refractivity contribution < 1.29 is 5.11 Å². The molecule has 1 aromatic rings. The molecule has 1 aliphatic heterocycles. The molecular weight excluding hydrogens is 198 g/mol. The third kappa shape index (κ3) is 1.75. The molecule has 1 unspecified atom stereocenters. The van der Waals surface area contributed by atoms with E-state index in [2.05, 4.69) is 9.88 Å². The molecule has 2 rings (SSSR count). The molecule has 0 aliphatic carbocycles. The molecule has 0 saturated carbocycles. The molecule has 78 valence electrons. The van der Waals surface area contributed by atoms with Gasteiger partial charge in [0, 0.05) is 12.7 Å². The number of hydrogen-bond acceptors (Lipinski definition) is 5. The predicted molar refractivity (Wildman–Crippen MR) is 57.2 cm³/mol. The van der Waals surface area contributed by atoms with Crippen molar-refractivity contribution in [3.8, 4) is 0 Å². The summed E-state index contributed by atoms with van der Waals surface area (Å²) in [5, 5.41) is 10.9. The van der Waals surface area contributed by atoms with E-state index in [9.17, 15) is 5.11 Å². The Hall–Kier alpha value is -0.650. The van der Waals surface area contributed by atoms with Crippen molar-refractivity contribution in [2.45, 2.75) is 18.4 Å². The minimum absolute atomic E-state index is 0.529. The van der Waals surface area contributed by atoms with Gasteiger partial charge in [-0.25, -0.2) is 4.98 Å². The Morgan fingerprint density at radius 1 is 1.71 bits per heavy atom. The molecule has 0 bridgehead atoms. The van der Waals surface area contributed by atoms with Gasteiger partial charge < -0.3 is 15.7 Å². The molecule has 1 saturated heterocycles. The number of thiazole rings is 1. The van der Waals surface area contributed by atoms with Crippen molar-refractivity contribution in [1.82, 2.24) is 9.88 Å². The van der Waals surface area contributed by atoms with Crippen LogP contribution in [0, 0.1) is 0 Å². The summed E-state index contributed by atoms with van der Waals surface area (Å²) >= 11 is 1.39. The molecule has 5 heteroatoms. The van der Waals surface area contributed by atoms with E-state index in [1.807, 2.05) is 7.05 Å². The maximum Gasteiger partial charge on any atom is 0.180 e. The smallest absolute Gasteiger partial charge is 0.180 e. The second-order valence-corrected chi connectivity index (χ2v) is 5.00. The standard InChI is InChI=1S/C9H15N3OS/c1-12-4-2-3-9(13,6-12)7-5-11-8(10)14-7/h5,13H,2-4,6H2,1H3,(H2,10,11). The van der Waals surface area contributed by atoms with E-state index in [4.69, 9.17) is 5.73 Å². The molecule has 0 aromatic carbocycles. The van der Waals surface area contributed by atoms with Crippen molar-refractivity contribution in [2.24, 2.45) is 0 Å². The highest BCUT2D eigenvalue weighted by Gasteiger charge is 2.35. The summed E-state index contributed by atoms with van der Waals surface area (Å²) in [4.78, 5) is 7.01. The number of likely N-dealkylation sites (N-methyl/N-ethyl adjacent to an activating group) is 1. The van der Waals surface area contributed by atoms with Gasteiger partial charge in [-0.3, -0.25) is 0 Å². The van der Waals surface area contributed by atoms with Crippen molar-refractivity contribution in [3.05, 3.63) is 11.1 Å². The second kappa shape index (κ2) is 3.49. The number of piperidine rings is 1. The largest absolute Gasteiger partial charge is 0.383 e. The van der Waals surface area contributed by atoms with Gasteiger partial charge in [-0.1, -0.05) is 11.3 Å². The van der Waals surface area contributed by atoms with Crippen molar-refractivity contribution in [2.75, 3.05) is 25.9 Å². The number of likely N-dealkylation sites (tertiary alicyclic amines) is 1. The summed E-state index contributed by atoms with van der Waals surface area (Å²) in [5.74, 6) is 0. The minimum Gasteiger partial charge on any atom is -0.383 e. The Morgan fingerprint density at radius 2 is 2.50 bits per heavy atom. The first kappa shape index (κ1) is 9.89. The van der Waals surface area contributed by atoms with Crippen LogP contribution in [0.15, 0.2) is 6.20 Å². The fourth-order valence-corrected chi connectivity index (χ4v) is 2.74. The van der Waals surface area contributed by atoms with E-state index in [0.29, 0.717) is 11.7 Å². The van der Waals surface area contributed by atoms with Crippen LogP contribution < -0.4 is 5.73 Å². The zero-order chi connectivity index (χ0) is 10.2. The summed E-state index contributed by atoms with van der Waals surface area (Å²) in [6.07, 6.45) is 3.52. The molecular formula is C9H15N3OS. The zero-order valence-electron chi connectivity index (χ0n) is 8.23. The summed E-state index contributed by atoms with van der Waals surface area (Å²) in [7, 11) is 2.02. The van der Waals surface area contributed by atoms with Gasteiger partial charge in [0.05, 0.1) is 4.88 Å². The Balaban J connectivity index is 2.22. The Labute approximate surface area is 87.4 Å². The van der Waals surface area contributed by atoms with Crippen molar-refractivity contribution >= 4 is 16.5 Å². The van der Waals surface area contributed by atoms with Gasteiger partial charge in [-0.15, -0.1) is 0 Å². The number of hydrogen-bond donors (Lipinski definition) is 2. The number of nitrogens with two attached hydrogens (primary N) is 1. The summed E-state index contributed by atoms with van der Waals surface area (Å²) < 4.78 is 0. The van der Waals surface area contributed by atoms with E-state index in [0.717, 1.165) is 24.3 Å². The molecule has 1 aromatic heterocycles. The predicted octanol–water partition coefficient (Wildman–Crippen LogP) is 0.639. The molecule has 3 N–H and O–H groups in total. The van der Waals surface area contributed by atoms with Gasteiger partial charge >= 0.3 is 0 Å². The molecule has 0 amide bonds. The topological polar surface area (TPSA) is 62.4 Å². The van der Waals surface area contributed by atoms with Crippen LogP contribution in [-0.4, -0.2) is 35.1 Å². The lowest BCUT2D eigenvalue weighted by atomic mass is 9.92. The Kier molecular flexibility index (Phi) is 2.47. The SMILES string of the molecule is CN1CCCC(O)(c2cnc(N)s2)C1. The zero-order valence-corrected chi connectivity index (χ0v) is 9.05. The lowest BCUT2D eigenvalue weighted by molar-refractivity contribution is -0.0249. The molecule has 14 heavy (non-hydrogen) atoms. The van der Waals surface area contributed by atoms with Gasteiger partial charge in [0.25, 0.3) is 0 Å². The van der Waals surface area contributed by atoms with Crippen LogP contribution >= 0.6 is 11.3 Å². The molecule has 1 fully saturated rings. The number of rotatable bonds is 1. The van der Waals surface area contributed by atoms with Gasteiger partial charge in [0.15, 0.2) is 5.13 Å². The summed E-state index contributed by atoms with van der Waals surface area (Å²) in [6, 6.07) is 0. The molecule has 4 nitrogen and oxygen atoms in total. The Morgan fingerprint density at radius 3 is 3.07 bits per heavy atom. The molecule has 2 heterocycles. The van der Waals surface area contributed by atoms with Crippen LogP contribution in [-0.2, 0) is 5.60 Å². The van der Waals surface area contributed by atoms with E-state index >= 15 is 0 Å². The van der Waals surface area contributed by atoms with E-state index in [1.165, 1.54) is 11.3 Å². The van der Waals surface area contributed by atoms with Gasteiger partial charge in [-0.05, 0) is 26.4 Å². The highest BCUT2D eigenvalue weighted by molar-refractivity contribution is 7.15. The van der Waals surface area contributed by atoms with Gasteiger partial charge in [0.2, 0.25) is 0 Å². The highest BCUT2D eigenvalue weighted by atomic mass is 32.1. The monoisotopic (exact) mass is 213 g/mol. The maximum absolute atomic E-state index is 10.4. The fraction of sp³-hybridized carbons (Fsp3) is 0.667. The van der Waals surface area contributed by atoms with Crippen LogP contribution in [0.1, 0.15) is 17.7 Å². The number of β-amino-alcohol motifs (C(OH)–C–C–N with tert-alkyl or cyclic N) is 1. The van der Waals surface area contributed by atoms with Crippen LogP contribution in [0.25, 0.3) is 0 Å². The van der Waals surface area contributed by atoms with Crippen molar-refractivity contribution in [3.63, 3.8) is 0 Å². The lowest BCUT2D eigenvalue weighted by Gasteiger charge is -2.36. The average Bonchev–Trinajstić information content (AvgIpc) is 2.52. The fourth-order valence-electron chi connectivity index (χ4n) is 1.95. The van der Waals surface area contributed by atoms with Gasteiger partial charge in [-0.2, -0.15) is 0 Å². The van der Waals surface area contributed by atoms with Gasteiger partial charge in [0.1, 0.15) is 5.60 Å². The molecule has 1 atom stereocenters. The number of nitrogens with zero attached hydrogens (tertiary/aromatic N) is 2. The summed E-state index contributed by atoms with van der Waals surface area (Å²) in [6.45, 7) is 1.73. The molecule has 0 spiro atoms. The average molecular weight is 213 g/mol. The first-order chi connectivity index (χ1) is 6.60. The normalized spacial score (nSPS) is 29.3. The van der Waals surface area contributed by atoms with E-state index in [1.54, 1.807) is 6.20 Å². The minimum atomic E-state index is -0.734. The highest BCUT2D eigenvalue weighted by Crippen LogP contribution is 2.34. The van der Waals surface area contributed by atoms with Crippen LogP contribution in [0.5, 0.6) is 0 Å². The first-order valence-electron chi connectivity index (χ1n) is 4.73. The van der Waals surface area contributed by atoms with Crippen LogP contribution in [0.4, 0.5) is 5.13 Å². The molecule has 1 aliphatic rings. The summed E-state index contributed by atoms with van der Waals surface area (Å²) in [5.41, 5.74) is 4.83. The Bertz CT molecular complexity index is 328. The number of aromatic nitrogens is 1. The van der Waals surface area contributed by atoms with Crippen LogP contribution in [0.2, 0.25) is 0 Å². The third-order valence-corrected chi connectivity index (χ3v) is 3.66. The lowest BCUT2D eigenvalue weighted by Crippen LogP contribution is -2.43. The number of aliphatic hydroxyl groups is 1. The quantitative estimate of drug-likeness (QED) is 0.718. The van der Waals surface area contributed by atoms with Crippen LogP contribution in [0.3, 0.4) is 0 Å². The van der Waals surface area contributed by atoms with Crippen molar-refractivity contribution in [1.29, 1.82) is 0 Å². The number of anilines is 1. The third-order valence-electron chi connectivity index (χ3n) is 2.64. The first-order valence-corrected chi connectivity index (χ1v) is 5.54. The second-order valence-electron chi connectivity index (χ2n) is 3.94. The molecule has 0 radical (unpaired) electrons. The maximum atomic E-state index is 10.4. The van der Waals surface area contributed by atoms with E-state index in [-0.39, 0.29) is 0 Å².